The highest BCUT2D eigenvalue weighted by Crippen LogP contribution is 2.34. The molecule has 19 heavy (non-hydrogen) atoms. The fraction of sp³-hybridized carbons (Fsp3) is 0.600. The molecule has 4 heteroatoms. The molecule has 0 radical (unpaired) electrons. The van der Waals surface area contributed by atoms with E-state index in [0.29, 0.717) is 5.75 Å². The molecule has 2 atom stereocenters. The zero-order valence-electron chi connectivity index (χ0n) is 12.0. The lowest BCUT2D eigenvalue weighted by atomic mass is 10.00. The summed E-state index contributed by atoms with van der Waals surface area (Å²) in [7, 11) is 0. The van der Waals surface area contributed by atoms with Gasteiger partial charge in [-0.15, -0.1) is 0 Å². The monoisotopic (exact) mass is 327 g/mol. The van der Waals surface area contributed by atoms with Crippen molar-refractivity contribution in [2.24, 2.45) is 0 Å². The second-order valence-electron chi connectivity index (χ2n) is 6.00. The summed E-state index contributed by atoms with van der Waals surface area (Å²) in [4.78, 5) is 2.37. The van der Waals surface area contributed by atoms with Crippen molar-refractivity contribution in [1.29, 1.82) is 0 Å². The Hall–Kier alpha value is -0.580. The van der Waals surface area contributed by atoms with Crippen molar-refractivity contribution < 1.29 is 9.84 Å². The zero-order chi connectivity index (χ0) is 14.2. The van der Waals surface area contributed by atoms with Crippen LogP contribution in [0.1, 0.15) is 39.3 Å². The van der Waals surface area contributed by atoms with Crippen molar-refractivity contribution in [1.82, 2.24) is 4.90 Å². The highest BCUT2D eigenvalue weighted by atomic mass is 79.9. The fourth-order valence-electron chi connectivity index (χ4n) is 2.85. The van der Waals surface area contributed by atoms with Crippen molar-refractivity contribution in [2.45, 2.75) is 45.4 Å². The van der Waals surface area contributed by atoms with Crippen LogP contribution in [0, 0.1) is 0 Å². The standard InChI is InChI=1S/C15H22BrNO2/c1-10-8-17(9-15(3,4)19-10)11(2)13-7-12(16)5-6-14(13)18/h5-7,10-11,18H,8-9H2,1-4H3. The molecule has 1 N–H and O–H groups in total. The number of phenols is 1. The first-order valence-corrected chi connectivity index (χ1v) is 7.48. The van der Waals surface area contributed by atoms with Crippen LogP contribution in [0.15, 0.2) is 22.7 Å². The molecule has 106 valence electrons. The van der Waals surface area contributed by atoms with E-state index in [-0.39, 0.29) is 17.7 Å². The molecule has 0 aromatic heterocycles. The van der Waals surface area contributed by atoms with Gasteiger partial charge in [-0.3, -0.25) is 4.90 Å². The Labute approximate surface area is 123 Å². The number of morpholine rings is 1. The van der Waals surface area contributed by atoms with Crippen LogP contribution in [-0.4, -0.2) is 34.8 Å². The van der Waals surface area contributed by atoms with E-state index in [0.717, 1.165) is 23.1 Å². The topological polar surface area (TPSA) is 32.7 Å². The number of ether oxygens (including phenoxy) is 1. The molecule has 1 aromatic carbocycles. The molecular formula is C15H22BrNO2. The van der Waals surface area contributed by atoms with Crippen molar-refractivity contribution in [3.63, 3.8) is 0 Å². The molecule has 2 unspecified atom stereocenters. The van der Waals surface area contributed by atoms with E-state index in [9.17, 15) is 5.11 Å². The summed E-state index contributed by atoms with van der Waals surface area (Å²) < 4.78 is 6.92. The largest absolute Gasteiger partial charge is 0.508 e. The predicted molar refractivity (Wildman–Crippen MR) is 80.4 cm³/mol. The molecule has 1 aliphatic rings. The van der Waals surface area contributed by atoms with Crippen LogP contribution in [0.4, 0.5) is 0 Å². The average molecular weight is 328 g/mol. The van der Waals surface area contributed by atoms with E-state index in [1.54, 1.807) is 6.07 Å². The van der Waals surface area contributed by atoms with Gasteiger partial charge >= 0.3 is 0 Å². The Bertz CT molecular complexity index is 461. The van der Waals surface area contributed by atoms with Crippen LogP contribution >= 0.6 is 15.9 Å². The quantitative estimate of drug-likeness (QED) is 0.898. The Morgan fingerprint density at radius 3 is 2.79 bits per heavy atom. The van der Waals surface area contributed by atoms with Gasteiger partial charge in [0, 0.05) is 29.2 Å². The molecule has 0 bridgehead atoms. The zero-order valence-corrected chi connectivity index (χ0v) is 13.6. The first-order valence-electron chi connectivity index (χ1n) is 6.69. The van der Waals surface area contributed by atoms with Crippen LogP contribution in [0.5, 0.6) is 5.75 Å². The van der Waals surface area contributed by atoms with Gasteiger partial charge in [-0.2, -0.15) is 0 Å². The first-order chi connectivity index (χ1) is 8.78. The van der Waals surface area contributed by atoms with E-state index in [1.165, 1.54) is 0 Å². The van der Waals surface area contributed by atoms with Crippen LogP contribution in [0.25, 0.3) is 0 Å². The van der Waals surface area contributed by atoms with Crippen LogP contribution in [0.3, 0.4) is 0 Å². The number of aromatic hydroxyl groups is 1. The van der Waals surface area contributed by atoms with Crippen molar-refractivity contribution >= 4 is 15.9 Å². The lowest BCUT2D eigenvalue weighted by Crippen LogP contribution is -2.52. The molecule has 0 amide bonds. The Balaban J connectivity index is 2.23. The van der Waals surface area contributed by atoms with Gasteiger partial charge in [0.1, 0.15) is 5.75 Å². The number of nitrogens with zero attached hydrogens (tertiary/aromatic N) is 1. The van der Waals surface area contributed by atoms with Crippen molar-refractivity contribution in [3.8, 4) is 5.75 Å². The molecule has 2 rings (SSSR count). The van der Waals surface area contributed by atoms with Gasteiger partial charge in [0.25, 0.3) is 0 Å². The Kier molecular flexibility index (Phi) is 4.23. The second kappa shape index (κ2) is 5.43. The Morgan fingerprint density at radius 2 is 2.16 bits per heavy atom. The molecule has 1 aromatic rings. The minimum Gasteiger partial charge on any atom is -0.508 e. The lowest BCUT2D eigenvalue weighted by molar-refractivity contribution is -0.137. The minimum absolute atomic E-state index is 0.145. The number of hydrogen-bond donors (Lipinski definition) is 1. The van der Waals surface area contributed by atoms with Gasteiger partial charge < -0.3 is 9.84 Å². The second-order valence-corrected chi connectivity index (χ2v) is 6.91. The van der Waals surface area contributed by atoms with Crippen molar-refractivity contribution in [3.05, 3.63) is 28.2 Å². The van der Waals surface area contributed by atoms with E-state index in [2.05, 4.69) is 48.5 Å². The van der Waals surface area contributed by atoms with E-state index < -0.39 is 0 Å². The number of hydrogen-bond acceptors (Lipinski definition) is 3. The molecular weight excluding hydrogens is 306 g/mol. The maximum Gasteiger partial charge on any atom is 0.120 e. The number of phenolic OH excluding ortho intramolecular Hbond substituents is 1. The third-order valence-corrected chi connectivity index (χ3v) is 4.08. The summed E-state index contributed by atoms with van der Waals surface area (Å²) >= 11 is 3.47. The predicted octanol–water partition coefficient (Wildman–Crippen LogP) is 3.72. The van der Waals surface area contributed by atoms with Crippen LogP contribution < -0.4 is 0 Å². The molecule has 0 spiro atoms. The smallest absolute Gasteiger partial charge is 0.120 e. The molecule has 1 heterocycles. The average Bonchev–Trinajstić information content (AvgIpc) is 2.29. The summed E-state index contributed by atoms with van der Waals surface area (Å²) in [6.45, 7) is 10.2. The van der Waals surface area contributed by atoms with Gasteiger partial charge in [-0.1, -0.05) is 15.9 Å². The first kappa shape index (κ1) is 14.8. The van der Waals surface area contributed by atoms with Gasteiger partial charge in [0.15, 0.2) is 0 Å². The van der Waals surface area contributed by atoms with E-state index >= 15 is 0 Å². The summed E-state index contributed by atoms with van der Waals surface area (Å²) in [6.07, 6.45) is 0.209. The highest BCUT2D eigenvalue weighted by Gasteiger charge is 2.34. The number of halogens is 1. The molecule has 1 fully saturated rings. The van der Waals surface area contributed by atoms with Crippen LogP contribution in [-0.2, 0) is 4.74 Å². The summed E-state index contributed by atoms with van der Waals surface area (Å²) in [5.74, 6) is 0.354. The van der Waals surface area contributed by atoms with Crippen LogP contribution in [0.2, 0.25) is 0 Å². The number of rotatable bonds is 2. The molecule has 1 saturated heterocycles. The number of benzene rings is 1. The van der Waals surface area contributed by atoms with E-state index in [1.807, 2.05) is 12.1 Å². The van der Waals surface area contributed by atoms with Gasteiger partial charge in [-0.25, -0.2) is 0 Å². The van der Waals surface area contributed by atoms with Gasteiger partial charge in [0.2, 0.25) is 0 Å². The molecule has 3 nitrogen and oxygen atoms in total. The molecule has 0 aliphatic carbocycles. The lowest BCUT2D eigenvalue weighted by Gasteiger charge is -2.44. The van der Waals surface area contributed by atoms with Gasteiger partial charge in [-0.05, 0) is 45.9 Å². The van der Waals surface area contributed by atoms with Gasteiger partial charge in [0.05, 0.1) is 11.7 Å². The minimum atomic E-state index is -0.145. The maximum atomic E-state index is 10.1. The summed E-state index contributed by atoms with van der Waals surface area (Å²) in [5, 5.41) is 10.1. The molecule has 0 saturated carbocycles. The molecule has 1 aliphatic heterocycles. The SMILES string of the molecule is CC1CN(C(C)c2cc(Br)ccc2O)CC(C)(C)O1. The third-order valence-electron chi connectivity index (χ3n) is 3.58. The fourth-order valence-corrected chi connectivity index (χ4v) is 3.23. The third kappa shape index (κ3) is 3.50. The van der Waals surface area contributed by atoms with E-state index in [4.69, 9.17) is 4.74 Å². The summed E-state index contributed by atoms with van der Waals surface area (Å²) in [5.41, 5.74) is 0.812. The maximum absolute atomic E-state index is 10.1. The van der Waals surface area contributed by atoms with Crippen molar-refractivity contribution in [2.75, 3.05) is 13.1 Å². The Morgan fingerprint density at radius 1 is 1.47 bits per heavy atom. The highest BCUT2D eigenvalue weighted by molar-refractivity contribution is 9.10. The summed E-state index contributed by atoms with van der Waals surface area (Å²) in [6, 6.07) is 5.76. The normalized spacial score (nSPS) is 25.2.